The van der Waals surface area contributed by atoms with E-state index < -0.39 is 0 Å². The molecule has 0 heterocycles. The van der Waals surface area contributed by atoms with Crippen LogP contribution in [-0.2, 0) is 11.3 Å². The molecule has 0 aliphatic heterocycles. The van der Waals surface area contributed by atoms with Crippen molar-refractivity contribution in [2.24, 2.45) is 0 Å². The van der Waals surface area contributed by atoms with Gasteiger partial charge in [0.15, 0.2) is 0 Å². The Morgan fingerprint density at radius 1 is 1.00 bits per heavy atom. The summed E-state index contributed by atoms with van der Waals surface area (Å²) < 4.78 is 12.9. The molecule has 0 radical (unpaired) electrons. The predicted octanol–water partition coefficient (Wildman–Crippen LogP) is 2.69. The van der Waals surface area contributed by atoms with Gasteiger partial charge in [-0.3, -0.25) is 9.59 Å². The molecule has 0 fully saturated rings. The van der Waals surface area contributed by atoms with Gasteiger partial charge in [0.1, 0.15) is 5.82 Å². The first kappa shape index (κ1) is 18.6. The van der Waals surface area contributed by atoms with Crippen LogP contribution in [-0.4, -0.2) is 25.4 Å². The maximum Gasteiger partial charge on any atom is 0.255 e. The Bertz CT molecular complexity index is 700. The molecule has 2 aromatic carbocycles. The van der Waals surface area contributed by atoms with Gasteiger partial charge < -0.3 is 16.0 Å². The van der Waals surface area contributed by atoms with E-state index >= 15 is 0 Å². The summed E-state index contributed by atoms with van der Waals surface area (Å²) in [6, 6.07) is 12.6. The van der Waals surface area contributed by atoms with Crippen molar-refractivity contribution in [3.05, 3.63) is 65.5 Å². The number of hydrogen-bond donors (Lipinski definition) is 3. The highest BCUT2D eigenvalue weighted by Gasteiger charge is 2.06. The largest absolute Gasteiger partial charge is 0.352 e. The van der Waals surface area contributed by atoms with Crippen LogP contribution >= 0.6 is 0 Å². The summed E-state index contributed by atoms with van der Waals surface area (Å²) in [6.45, 7) is 1.26. The first-order chi connectivity index (χ1) is 12.1. The van der Waals surface area contributed by atoms with Crippen molar-refractivity contribution in [1.82, 2.24) is 10.6 Å². The first-order valence-corrected chi connectivity index (χ1v) is 8.15. The van der Waals surface area contributed by atoms with Gasteiger partial charge in [-0.2, -0.15) is 0 Å². The third kappa shape index (κ3) is 6.35. The monoisotopic (exact) mass is 343 g/mol. The van der Waals surface area contributed by atoms with E-state index in [0.717, 1.165) is 18.5 Å². The molecule has 0 spiro atoms. The molecule has 2 amide bonds. The zero-order chi connectivity index (χ0) is 18.1. The molecule has 3 N–H and O–H groups in total. The number of amides is 2. The lowest BCUT2D eigenvalue weighted by Crippen LogP contribution is -2.23. The van der Waals surface area contributed by atoms with Gasteiger partial charge in [-0.25, -0.2) is 4.39 Å². The zero-order valence-corrected chi connectivity index (χ0v) is 14.1. The van der Waals surface area contributed by atoms with Crippen molar-refractivity contribution < 1.29 is 14.0 Å². The summed E-state index contributed by atoms with van der Waals surface area (Å²) >= 11 is 0. The Morgan fingerprint density at radius 3 is 2.32 bits per heavy atom. The number of nitrogens with one attached hydrogen (secondary N) is 3. The molecule has 0 bridgehead atoms. The van der Waals surface area contributed by atoms with Gasteiger partial charge in [-0.1, -0.05) is 12.1 Å². The normalized spacial score (nSPS) is 10.3. The third-order valence-electron chi connectivity index (χ3n) is 3.64. The van der Waals surface area contributed by atoms with Crippen LogP contribution in [0.2, 0.25) is 0 Å². The fourth-order valence-electron chi connectivity index (χ4n) is 2.23. The fraction of sp³-hybridized carbons (Fsp3) is 0.263. The molecule has 2 rings (SSSR count). The number of hydrogen-bond acceptors (Lipinski definition) is 3. The Kier molecular flexibility index (Phi) is 7.10. The lowest BCUT2D eigenvalue weighted by Gasteiger charge is -2.08. The lowest BCUT2D eigenvalue weighted by molar-refractivity contribution is -0.121. The molecule has 0 aliphatic rings. The van der Waals surface area contributed by atoms with Crippen LogP contribution in [0.15, 0.2) is 48.5 Å². The van der Waals surface area contributed by atoms with E-state index in [1.54, 1.807) is 12.1 Å². The van der Waals surface area contributed by atoms with Gasteiger partial charge in [0, 0.05) is 24.2 Å². The second kappa shape index (κ2) is 9.54. The third-order valence-corrected chi connectivity index (χ3v) is 3.64. The molecule has 0 saturated heterocycles. The molecule has 0 atom stereocenters. The lowest BCUT2D eigenvalue weighted by atomic mass is 10.1. The van der Waals surface area contributed by atoms with Crippen LogP contribution in [0.1, 0.15) is 28.8 Å². The van der Waals surface area contributed by atoms with Gasteiger partial charge in [0.25, 0.3) is 5.91 Å². The van der Waals surface area contributed by atoms with E-state index in [4.69, 9.17) is 0 Å². The molecule has 0 aliphatic carbocycles. The van der Waals surface area contributed by atoms with E-state index in [9.17, 15) is 14.0 Å². The Hall–Kier alpha value is -2.73. The number of benzene rings is 2. The Morgan fingerprint density at radius 2 is 1.68 bits per heavy atom. The SMILES string of the molecule is CNCCCC(=O)NCc1ccc(NC(=O)c2ccc(F)cc2)cc1. The average Bonchev–Trinajstić information content (AvgIpc) is 2.62. The molecule has 132 valence electrons. The average molecular weight is 343 g/mol. The van der Waals surface area contributed by atoms with E-state index in [0.29, 0.717) is 24.2 Å². The summed E-state index contributed by atoms with van der Waals surface area (Å²) in [5, 5.41) is 8.61. The van der Waals surface area contributed by atoms with E-state index in [1.807, 2.05) is 19.2 Å². The van der Waals surface area contributed by atoms with Gasteiger partial charge in [-0.05, 0) is 62.0 Å². The van der Waals surface area contributed by atoms with Gasteiger partial charge in [0.05, 0.1) is 0 Å². The minimum Gasteiger partial charge on any atom is -0.352 e. The number of carbonyl (C=O) groups is 2. The second-order valence-corrected chi connectivity index (χ2v) is 5.64. The van der Waals surface area contributed by atoms with Crippen molar-refractivity contribution in [1.29, 1.82) is 0 Å². The molecule has 0 saturated carbocycles. The van der Waals surface area contributed by atoms with Crippen molar-refractivity contribution in [2.45, 2.75) is 19.4 Å². The smallest absolute Gasteiger partial charge is 0.255 e. The highest BCUT2D eigenvalue weighted by molar-refractivity contribution is 6.04. The topological polar surface area (TPSA) is 70.2 Å². The van der Waals surface area contributed by atoms with E-state index in [1.165, 1.54) is 24.3 Å². The summed E-state index contributed by atoms with van der Waals surface area (Å²) in [4.78, 5) is 23.7. The maximum atomic E-state index is 12.9. The number of rotatable bonds is 8. The maximum absolute atomic E-state index is 12.9. The number of carbonyl (C=O) groups excluding carboxylic acids is 2. The molecular formula is C19H22FN3O2. The number of halogens is 1. The molecule has 2 aromatic rings. The molecule has 0 aromatic heterocycles. The summed E-state index contributed by atoms with van der Waals surface area (Å²) in [6.07, 6.45) is 1.29. The van der Waals surface area contributed by atoms with E-state index in [-0.39, 0.29) is 17.6 Å². The van der Waals surface area contributed by atoms with Crippen LogP contribution in [0.25, 0.3) is 0 Å². The van der Waals surface area contributed by atoms with Gasteiger partial charge in [-0.15, -0.1) is 0 Å². The molecule has 0 unspecified atom stereocenters. The van der Waals surface area contributed by atoms with Crippen molar-refractivity contribution in [3.63, 3.8) is 0 Å². The quantitative estimate of drug-likeness (QED) is 0.646. The van der Waals surface area contributed by atoms with Crippen LogP contribution < -0.4 is 16.0 Å². The minimum absolute atomic E-state index is 0.0175. The molecule has 6 heteroatoms. The van der Waals surface area contributed by atoms with Crippen LogP contribution in [0.4, 0.5) is 10.1 Å². The highest BCUT2D eigenvalue weighted by Crippen LogP contribution is 2.12. The van der Waals surface area contributed by atoms with Crippen LogP contribution in [0.5, 0.6) is 0 Å². The van der Waals surface area contributed by atoms with Gasteiger partial charge >= 0.3 is 0 Å². The minimum atomic E-state index is -0.381. The molecule has 25 heavy (non-hydrogen) atoms. The first-order valence-electron chi connectivity index (χ1n) is 8.15. The number of anilines is 1. The fourth-order valence-corrected chi connectivity index (χ4v) is 2.23. The Labute approximate surface area is 146 Å². The summed E-state index contributed by atoms with van der Waals surface area (Å²) in [5.41, 5.74) is 1.97. The highest BCUT2D eigenvalue weighted by atomic mass is 19.1. The van der Waals surface area contributed by atoms with Crippen LogP contribution in [0.3, 0.4) is 0 Å². The Balaban J connectivity index is 1.82. The van der Waals surface area contributed by atoms with Gasteiger partial charge in [0.2, 0.25) is 5.91 Å². The van der Waals surface area contributed by atoms with Crippen molar-refractivity contribution in [3.8, 4) is 0 Å². The van der Waals surface area contributed by atoms with E-state index in [2.05, 4.69) is 16.0 Å². The van der Waals surface area contributed by atoms with Crippen LogP contribution in [0, 0.1) is 5.82 Å². The molecule has 5 nitrogen and oxygen atoms in total. The molecular weight excluding hydrogens is 321 g/mol. The predicted molar refractivity (Wildman–Crippen MR) is 95.8 cm³/mol. The standard InChI is InChI=1S/C19H22FN3O2/c1-21-12-2-3-18(24)22-13-14-4-10-17(11-5-14)23-19(25)15-6-8-16(20)9-7-15/h4-11,21H,2-3,12-13H2,1H3,(H,22,24)(H,23,25). The van der Waals surface area contributed by atoms with Crippen molar-refractivity contribution >= 4 is 17.5 Å². The summed E-state index contributed by atoms with van der Waals surface area (Å²) in [5.74, 6) is -0.663. The second-order valence-electron chi connectivity index (χ2n) is 5.64. The summed E-state index contributed by atoms with van der Waals surface area (Å²) in [7, 11) is 1.86. The van der Waals surface area contributed by atoms with Crippen molar-refractivity contribution in [2.75, 3.05) is 18.9 Å². The zero-order valence-electron chi connectivity index (χ0n) is 14.1.